The molecule has 2 atom stereocenters. The number of carbonyl (C=O) groups excluding carboxylic acids is 2. The molecule has 1 saturated carbocycles. The Balaban J connectivity index is 1.40. The minimum absolute atomic E-state index is 0.0526. The van der Waals surface area contributed by atoms with Gasteiger partial charge in [0.05, 0.1) is 39.7 Å². The highest BCUT2D eigenvalue weighted by Crippen LogP contribution is 2.37. The smallest absolute Gasteiger partial charge is 0.410 e. The van der Waals surface area contributed by atoms with Crippen LogP contribution in [0.1, 0.15) is 42.5 Å². The Morgan fingerprint density at radius 3 is 2.68 bits per heavy atom. The molecule has 1 aromatic carbocycles. The minimum atomic E-state index is -0.414. The van der Waals surface area contributed by atoms with Gasteiger partial charge in [0.15, 0.2) is 0 Å². The summed E-state index contributed by atoms with van der Waals surface area (Å²) in [5.41, 5.74) is 3.30. The number of benzene rings is 1. The van der Waals surface area contributed by atoms with Gasteiger partial charge in [0.25, 0.3) is 0 Å². The second kappa shape index (κ2) is 12.4. The van der Waals surface area contributed by atoms with Crippen LogP contribution in [0.5, 0.6) is 5.75 Å². The minimum Gasteiger partial charge on any atom is -0.489 e. The second-order valence-corrected chi connectivity index (χ2v) is 10.9. The molecule has 2 aromatic heterocycles. The van der Waals surface area contributed by atoms with Crippen molar-refractivity contribution in [3.8, 4) is 16.3 Å². The maximum atomic E-state index is 12.6. The van der Waals surface area contributed by atoms with Gasteiger partial charge in [0, 0.05) is 19.2 Å². The van der Waals surface area contributed by atoms with E-state index in [1.807, 2.05) is 55.5 Å². The van der Waals surface area contributed by atoms with Crippen LogP contribution >= 0.6 is 22.9 Å². The summed E-state index contributed by atoms with van der Waals surface area (Å²) in [6.45, 7) is 2.44. The number of ether oxygens (including phenoxy) is 3. The van der Waals surface area contributed by atoms with Crippen LogP contribution < -0.4 is 4.74 Å². The van der Waals surface area contributed by atoms with Gasteiger partial charge in [-0.25, -0.2) is 9.78 Å². The Bertz CT molecular complexity index is 1230. The van der Waals surface area contributed by atoms with Crippen molar-refractivity contribution in [1.82, 2.24) is 9.88 Å². The number of esters is 1. The molecule has 2 heterocycles. The normalized spacial score (nSPS) is 17.2. The van der Waals surface area contributed by atoms with Crippen molar-refractivity contribution >= 4 is 35.0 Å². The summed E-state index contributed by atoms with van der Waals surface area (Å²) in [4.78, 5) is 31.6. The van der Waals surface area contributed by atoms with E-state index in [9.17, 15) is 9.59 Å². The van der Waals surface area contributed by atoms with E-state index in [0.717, 1.165) is 46.7 Å². The van der Waals surface area contributed by atoms with Gasteiger partial charge >= 0.3 is 12.1 Å². The molecule has 1 amide bonds. The fourth-order valence-corrected chi connectivity index (χ4v) is 5.73. The number of pyridine rings is 1. The van der Waals surface area contributed by atoms with Gasteiger partial charge in [0.1, 0.15) is 12.4 Å². The average Bonchev–Trinajstić information content (AvgIpc) is 3.29. The summed E-state index contributed by atoms with van der Waals surface area (Å²) in [5.74, 6) is 0.395. The second-order valence-electron chi connectivity index (χ2n) is 9.21. The number of thiophene rings is 1. The van der Waals surface area contributed by atoms with E-state index in [1.165, 1.54) is 23.3 Å². The number of rotatable bonds is 8. The van der Waals surface area contributed by atoms with Crippen LogP contribution in [-0.4, -0.2) is 42.2 Å². The Morgan fingerprint density at radius 2 is 1.95 bits per heavy atom. The molecule has 0 bridgehead atoms. The highest BCUT2D eigenvalue weighted by molar-refractivity contribution is 7.19. The summed E-state index contributed by atoms with van der Waals surface area (Å²) >= 11 is 7.72. The van der Waals surface area contributed by atoms with Crippen LogP contribution in [0.4, 0.5) is 4.79 Å². The lowest BCUT2D eigenvalue weighted by Crippen LogP contribution is -2.30. The predicted molar refractivity (Wildman–Crippen MR) is 144 cm³/mol. The topological polar surface area (TPSA) is 78.0 Å². The van der Waals surface area contributed by atoms with Gasteiger partial charge in [-0.05, 0) is 56.4 Å². The lowest BCUT2D eigenvalue weighted by molar-refractivity contribution is -0.147. The van der Waals surface area contributed by atoms with Gasteiger partial charge < -0.3 is 19.1 Å². The fourth-order valence-electron chi connectivity index (χ4n) is 4.50. The Kier molecular flexibility index (Phi) is 9.05. The van der Waals surface area contributed by atoms with Crippen LogP contribution in [-0.2, 0) is 27.4 Å². The molecule has 1 aliphatic rings. The summed E-state index contributed by atoms with van der Waals surface area (Å²) in [7, 11) is 3.13. The molecular weight excluding hydrogens is 512 g/mol. The summed E-state index contributed by atoms with van der Waals surface area (Å²) in [5, 5.41) is 0. The summed E-state index contributed by atoms with van der Waals surface area (Å²) < 4.78 is 17.3. The first-order valence-electron chi connectivity index (χ1n) is 12.3. The molecule has 9 heteroatoms. The molecule has 0 N–H and O–H groups in total. The van der Waals surface area contributed by atoms with Crippen LogP contribution in [0.2, 0.25) is 4.34 Å². The number of aryl methyl sites for hydroxylation is 1. The van der Waals surface area contributed by atoms with E-state index in [2.05, 4.69) is 0 Å². The lowest BCUT2D eigenvalue weighted by atomic mass is 9.87. The Morgan fingerprint density at radius 1 is 1.16 bits per heavy atom. The number of methoxy groups -OCH3 is 1. The molecule has 0 unspecified atom stereocenters. The SMILES string of the molecule is COC(=O)[C@H]1CCC[C@H](Oc2ccc(-c3sc(Cl)cc3COC(=O)N(C)Cc3ccccc3)nc2C)C1. The Hall–Kier alpha value is -3.10. The highest BCUT2D eigenvalue weighted by Gasteiger charge is 2.29. The quantitative estimate of drug-likeness (QED) is 0.296. The van der Waals surface area contributed by atoms with Crippen molar-refractivity contribution in [2.24, 2.45) is 5.92 Å². The van der Waals surface area contributed by atoms with Crippen LogP contribution in [0.25, 0.3) is 10.6 Å². The summed E-state index contributed by atoms with van der Waals surface area (Å²) in [6.07, 6.45) is 2.82. The molecule has 0 spiro atoms. The molecule has 1 aliphatic carbocycles. The molecule has 1 fully saturated rings. The standard InChI is InChI=1S/C28H31ClN2O5S/c1-18-24(36-22-11-7-10-20(14-22)27(32)34-3)13-12-23(30-18)26-21(15-25(29)37-26)17-35-28(33)31(2)16-19-8-5-4-6-9-19/h4-6,8-9,12-13,15,20,22H,7,10-11,14,16-17H2,1-3H3/t20-,22-/m0/s1. The Labute approximate surface area is 226 Å². The number of amides is 1. The van der Waals surface area contributed by atoms with Crippen molar-refractivity contribution in [2.75, 3.05) is 14.2 Å². The molecule has 0 aliphatic heterocycles. The van der Waals surface area contributed by atoms with Crippen molar-refractivity contribution in [2.45, 2.75) is 51.9 Å². The molecule has 0 radical (unpaired) electrons. The van der Waals surface area contributed by atoms with Crippen molar-refractivity contribution in [3.63, 3.8) is 0 Å². The first-order valence-corrected chi connectivity index (χ1v) is 13.5. The van der Waals surface area contributed by atoms with E-state index in [1.54, 1.807) is 7.05 Å². The lowest BCUT2D eigenvalue weighted by Gasteiger charge is -2.28. The molecule has 0 saturated heterocycles. The highest BCUT2D eigenvalue weighted by atomic mass is 35.5. The largest absolute Gasteiger partial charge is 0.489 e. The van der Waals surface area contributed by atoms with E-state index in [0.29, 0.717) is 23.1 Å². The maximum Gasteiger partial charge on any atom is 0.410 e. The molecule has 37 heavy (non-hydrogen) atoms. The monoisotopic (exact) mass is 542 g/mol. The third kappa shape index (κ3) is 7.02. The van der Waals surface area contributed by atoms with Crippen molar-refractivity contribution in [1.29, 1.82) is 0 Å². The van der Waals surface area contributed by atoms with Crippen LogP contribution in [0, 0.1) is 12.8 Å². The fraction of sp³-hybridized carbons (Fsp3) is 0.393. The maximum absolute atomic E-state index is 12.6. The number of nitrogens with zero attached hydrogens (tertiary/aromatic N) is 2. The molecule has 4 rings (SSSR count). The van der Waals surface area contributed by atoms with Gasteiger partial charge in [-0.2, -0.15) is 0 Å². The third-order valence-corrected chi connectivity index (χ3v) is 7.76. The van der Waals surface area contributed by atoms with E-state index in [-0.39, 0.29) is 24.6 Å². The van der Waals surface area contributed by atoms with Crippen LogP contribution in [0.3, 0.4) is 0 Å². The van der Waals surface area contributed by atoms with E-state index >= 15 is 0 Å². The number of carbonyl (C=O) groups is 2. The third-order valence-electron chi connectivity index (χ3n) is 6.43. The molecular formula is C28H31ClN2O5S. The van der Waals surface area contributed by atoms with E-state index < -0.39 is 6.09 Å². The van der Waals surface area contributed by atoms with Crippen LogP contribution in [0.15, 0.2) is 48.5 Å². The number of hydrogen-bond donors (Lipinski definition) is 0. The number of aromatic nitrogens is 1. The number of hydrogen-bond acceptors (Lipinski definition) is 7. The van der Waals surface area contributed by atoms with E-state index in [4.69, 9.17) is 30.8 Å². The zero-order valence-corrected chi connectivity index (χ0v) is 22.8. The van der Waals surface area contributed by atoms with Crippen molar-refractivity contribution < 1.29 is 23.8 Å². The number of halogens is 1. The molecule has 3 aromatic rings. The average molecular weight is 543 g/mol. The molecule has 196 valence electrons. The zero-order chi connectivity index (χ0) is 26.4. The first-order chi connectivity index (χ1) is 17.8. The summed E-state index contributed by atoms with van der Waals surface area (Å²) in [6, 6.07) is 15.3. The van der Waals surface area contributed by atoms with Crippen molar-refractivity contribution in [3.05, 3.63) is 69.7 Å². The van der Waals surface area contributed by atoms with Gasteiger partial charge in [-0.15, -0.1) is 11.3 Å². The molecule has 7 nitrogen and oxygen atoms in total. The van der Waals surface area contributed by atoms with Gasteiger partial charge in [-0.1, -0.05) is 41.9 Å². The van der Waals surface area contributed by atoms with Gasteiger partial charge in [-0.3, -0.25) is 4.79 Å². The predicted octanol–water partition coefficient (Wildman–Crippen LogP) is 6.65. The first kappa shape index (κ1) is 26.9. The zero-order valence-electron chi connectivity index (χ0n) is 21.2. The van der Waals surface area contributed by atoms with Gasteiger partial charge in [0.2, 0.25) is 0 Å².